The summed E-state index contributed by atoms with van der Waals surface area (Å²) in [7, 11) is 3.36. The van der Waals surface area contributed by atoms with Crippen molar-refractivity contribution in [3.8, 4) is 0 Å². The largest absolute Gasteiger partial charge is 0.339 e. The first kappa shape index (κ1) is 20.4. The lowest BCUT2D eigenvalue weighted by molar-refractivity contribution is -0.116. The molecule has 1 heterocycles. The van der Waals surface area contributed by atoms with Crippen LogP contribution in [0.2, 0.25) is 0 Å². The average Bonchev–Trinajstić information content (AvgIpc) is 2.71. The van der Waals surface area contributed by atoms with Crippen LogP contribution < -0.4 is 16.4 Å². The molecule has 2 amide bonds. The van der Waals surface area contributed by atoms with Gasteiger partial charge in [-0.05, 0) is 48.2 Å². The molecule has 0 bridgehead atoms. The van der Waals surface area contributed by atoms with Gasteiger partial charge in [-0.2, -0.15) is 0 Å². The lowest BCUT2D eigenvalue weighted by Crippen LogP contribution is -2.31. The van der Waals surface area contributed by atoms with E-state index in [-0.39, 0.29) is 35.2 Å². The first-order valence-electron chi connectivity index (χ1n) is 8.86. The molecule has 2 aromatic carbocycles. The first-order valence-corrected chi connectivity index (χ1v) is 9.67. The van der Waals surface area contributed by atoms with Crippen LogP contribution in [0.5, 0.6) is 0 Å². The second-order valence-electron chi connectivity index (χ2n) is 6.53. The van der Waals surface area contributed by atoms with Crippen molar-refractivity contribution in [2.24, 2.45) is 0 Å². The lowest BCUT2D eigenvalue weighted by atomic mass is 10.2. The Morgan fingerprint density at radius 2 is 1.69 bits per heavy atom. The molecule has 29 heavy (non-hydrogen) atoms. The molecule has 0 aliphatic rings. The Balaban J connectivity index is 1.63. The normalized spacial score (nSPS) is 10.7. The van der Waals surface area contributed by atoms with Crippen LogP contribution in [0.4, 0.5) is 10.5 Å². The van der Waals surface area contributed by atoms with Crippen molar-refractivity contribution in [1.29, 1.82) is 0 Å². The summed E-state index contributed by atoms with van der Waals surface area (Å²) in [6.45, 7) is 0.0516. The highest BCUT2D eigenvalue weighted by Crippen LogP contribution is 2.22. The van der Waals surface area contributed by atoms with Gasteiger partial charge in [0.05, 0.1) is 17.3 Å². The zero-order valence-corrected chi connectivity index (χ0v) is 16.8. The number of carbonyl (C=O) groups is 2. The number of anilines is 1. The minimum atomic E-state index is -0.374. The number of aromatic nitrogens is 2. The maximum atomic E-state index is 12.5. The van der Waals surface area contributed by atoms with Gasteiger partial charge in [-0.25, -0.2) is 4.68 Å². The topological polar surface area (TPSA) is 104 Å². The van der Waals surface area contributed by atoms with Gasteiger partial charge in [0.2, 0.25) is 5.91 Å². The van der Waals surface area contributed by atoms with Crippen LogP contribution in [0.1, 0.15) is 6.42 Å². The number of aromatic amines is 1. The first-order chi connectivity index (χ1) is 13.8. The van der Waals surface area contributed by atoms with Crippen LogP contribution in [0, 0.1) is 0 Å². The number of benzene rings is 2. The molecule has 0 saturated carbocycles. The summed E-state index contributed by atoms with van der Waals surface area (Å²) >= 11 is 1.09. The van der Waals surface area contributed by atoms with Gasteiger partial charge >= 0.3 is 0 Å². The second kappa shape index (κ2) is 8.78. The third kappa shape index (κ3) is 4.94. The number of amides is 2. The van der Waals surface area contributed by atoms with Gasteiger partial charge in [0, 0.05) is 31.1 Å². The monoisotopic (exact) mass is 412 g/mol. The summed E-state index contributed by atoms with van der Waals surface area (Å²) in [6.07, 6.45) is 0.0177. The molecule has 0 aliphatic carbocycles. The fraction of sp³-hybridized carbons (Fsp3) is 0.200. The molecule has 0 fully saturated rings. The number of rotatable bonds is 5. The molecular formula is C20H20N4O4S. The van der Waals surface area contributed by atoms with Crippen LogP contribution >= 0.6 is 11.8 Å². The molecule has 150 valence electrons. The van der Waals surface area contributed by atoms with E-state index >= 15 is 0 Å². The highest BCUT2D eigenvalue weighted by Gasteiger charge is 2.10. The number of hydrogen-bond donors (Lipinski definition) is 2. The van der Waals surface area contributed by atoms with Crippen molar-refractivity contribution < 1.29 is 9.59 Å². The standard InChI is InChI=1S/C20H20N4O4S/c1-23(2)20(28)29-14-9-7-13(8-10-14)21-17(25)11-12-24-19(27)16-6-4-3-5-15(16)18(26)22-24/h3-10H,11-12H2,1-2H3,(H,21,25)(H,22,26). The number of H-pyrrole nitrogens is 1. The van der Waals surface area contributed by atoms with Crippen molar-refractivity contribution in [1.82, 2.24) is 14.7 Å². The zero-order chi connectivity index (χ0) is 21.0. The van der Waals surface area contributed by atoms with E-state index < -0.39 is 0 Å². The molecule has 3 rings (SSSR count). The Hall–Kier alpha value is -3.33. The minimum absolute atomic E-state index is 0.0177. The zero-order valence-electron chi connectivity index (χ0n) is 16.0. The van der Waals surface area contributed by atoms with Gasteiger partial charge in [-0.15, -0.1) is 0 Å². The van der Waals surface area contributed by atoms with E-state index in [1.54, 1.807) is 62.6 Å². The molecule has 0 unspecified atom stereocenters. The van der Waals surface area contributed by atoms with Crippen LogP contribution in [0.25, 0.3) is 10.8 Å². The minimum Gasteiger partial charge on any atom is -0.339 e. The Bertz CT molecular complexity index is 1170. The summed E-state index contributed by atoms with van der Waals surface area (Å²) in [4.78, 5) is 50.7. The van der Waals surface area contributed by atoms with Crippen molar-refractivity contribution in [2.45, 2.75) is 17.9 Å². The summed E-state index contributed by atoms with van der Waals surface area (Å²) < 4.78 is 1.15. The number of aryl methyl sites for hydroxylation is 1. The average molecular weight is 412 g/mol. The Labute approximate surface area is 170 Å². The van der Waals surface area contributed by atoms with Crippen molar-refractivity contribution in [3.63, 3.8) is 0 Å². The predicted molar refractivity (Wildman–Crippen MR) is 113 cm³/mol. The van der Waals surface area contributed by atoms with Gasteiger partial charge in [-0.3, -0.25) is 24.3 Å². The van der Waals surface area contributed by atoms with Gasteiger partial charge in [-0.1, -0.05) is 12.1 Å². The lowest BCUT2D eigenvalue weighted by Gasteiger charge is -2.10. The molecule has 0 spiro atoms. The third-order valence-electron chi connectivity index (χ3n) is 4.15. The second-order valence-corrected chi connectivity index (χ2v) is 7.55. The van der Waals surface area contributed by atoms with Crippen LogP contribution in [0.3, 0.4) is 0 Å². The fourth-order valence-electron chi connectivity index (χ4n) is 2.64. The van der Waals surface area contributed by atoms with E-state index in [1.165, 1.54) is 4.90 Å². The van der Waals surface area contributed by atoms with Crippen LogP contribution in [-0.2, 0) is 11.3 Å². The van der Waals surface area contributed by atoms with Gasteiger partial charge in [0.1, 0.15) is 0 Å². The van der Waals surface area contributed by atoms with Crippen molar-refractivity contribution >= 4 is 39.4 Å². The number of thioether (sulfide) groups is 1. The molecule has 0 aliphatic heterocycles. The molecule has 0 atom stereocenters. The number of nitrogens with zero attached hydrogens (tertiary/aromatic N) is 2. The number of hydrogen-bond acceptors (Lipinski definition) is 5. The Kier molecular flexibility index (Phi) is 6.18. The Morgan fingerprint density at radius 3 is 2.34 bits per heavy atom. The summed E-state index contributed by atoms with van der Waals surface area (Å²) in [5.74, 6) is -0.296. The van der Waals surface area contributed by atoms with Gasteiger partial charge in [0.15, 0.2) is 0 Å². The van der Waals surface area contributed by atoms with Crippen molar-refractivity contribution in [3.05, 3.63) is 69.2 Å². The quantitative estimate of drug-likeness (QED) is 0.627. The van der Waals surface area contributed by atoms with E-state index in [0.717, 1.165) is 21.3 Å². The SMILES string of the molecule is CN(C)C(=O)Sc1ccc(NC(=O)CCn2[nH]c(=O)c3ccccc3c2=O)cc1. The van der Waals surface area contributed by atoms with E-state index in [0.29, 0.717) is 16.5 Å². The van der Waals surface area contributed by atoms with E-state index in [2.05, 4.69) is 10.4 Å². The maximum absolute atomic E-state index is 12.5. The molecule has 0 radical (unpaired) electrons. The van der Waals surface area contributed by atoms with Crippen LogP contribution in [-0.4, -0.2) is 39.9 Å². The molecule has 3 aromatic rings. The summed E-state index contributed by atoms with van der Waals surface area (Å²) in [6, 6.07) is 13.4. The van der Waals surface area contributed by atoms with Gasteiger partial charge in [0.25, 0.3) is 16.4 Å². The highest BCUT2D eigenvalue weighted by atomic mass is 32.2. The van der Waals surface area contributed by atoms with E-state index in [9.17, 15) is 19.2 Å². The molecule has 1 aromatic heterocycles. The van der Waals surface area contributed by atoms with E-state index in [1.807, 2.05) is 0 Å². The molecule has 9 heteroatoms. The van der Waals surface area contributed by atoms with Crippen LogP contribution in [0.15, 0.2) is 63.0 Å². The van der Waals surface area contributed by atoms with Gasteiger partial charge < -0.3 is 10.2 Å². The third-order valence-corrected chi connectivity index (χ3v) is 5.20. The predicted octanol–water partition coefficient (Wildman–Crippen LogP) is 2.49. The Morgan fingerprint density at radius 1 is 1.03 bits per heavy atom. The molecular weight excluding hydrogens is 392 g/mol. The summed E-state index contributed by atoms with van der Waals surface area (Å²) in [5, 5.41) is 5.79. The highest BCUT2D eigenvalue weighted by molar-refractivity contribution is 8.13. The van der Waals surface area contributed by atoms with Crippen molar-refractivity contribution in [2.75, 3.05) is 19.4 Å². The molecule has 0 saturated heterocycles. The maximum Gasteiger partial charge on any atom is 0.285 e. The number of carbonyl (C=O) groups excluding carboxylic acids is 2. The summed E-state index contributed by atoms with van der Waals surface area (Å²) in [5.41, 5.74) is -0.142. The molecule has 8 nitrogen and oxygen atoms in total. The smallest absolute Gasteiger partial charge is 0.285 e. The van der Waals surface area contributed by atoms with E-state index in [4.69, 9.17) is 0 Å². The fourth-order valence-corrected chi connectivity index (χ4v) is 3.30. The number of nitrogens with one attached hydrogen (secondary N) is 2. The molecule has 2 N–H and O–H groups in total. The number of fused-ring (bicyclic) bond motifs is 1.